The largest absolute Gasteiger partial charge is 0.478 e. The van der Waals surface area contributed by atoms with E-state index in [1.54, 1.807) is 0 Å². The number of anilines is 1. The summed E-state index contributed by atoms with van der Waals surface area (Å²) in [4.78, 5) is 65.0. The third-order valence-electron chi connectivity index (χ3n) is 3.24. The van der Waals surface area contributed by atoms with Crippen LogP contribution in [0.25, 0.3) is 0 Å². The van der Waals surface area contributed by atoms with Crippen molar-refractivity contribution in [3.63, 3.8) is 0 Å². The molecule has 1 aliphatic heterocycles. The Labute approximate surface area is 175 Å². The highest BCUT2D eigenvalue weighted by atomic mass is 16.6. The van der Waals surface area contributed by atoms with E-state index in [9.17, 15) is 34.1 Å². The summed E-state index contributed by atoms with van der Waals surface area (Å²) >= 11 is 0. The number of fused-ring (bicyclic) bond motifs is 1. The van der Waals surface area contributed by atoms with E-state index in [0.29, 0.717) is 0 Å². The van der Waals surface area contributed by atoms with E-state index in [2.05, 4.69) is 10.1 Å². The lowest BCUT2D eigenvalue weighted by atomic mass is 10.1. The molecule has 2 aromatic carbocycles. The highest BCUT2D eigenvalue weighted by Crippen LogP contribution is 2.27. The fourth-order valence-corrected chi connectivity index (χ4v) is 2.12. The fourth-order valence-electron chi connectivity index (χ4n) is 2.12. The second kappa shape index (κ2) is 8.60. The summed E-state index contributed by atoms with van der Waals surface area (Å²) in [6, 6.07) is -4.77. The van der Waals surface area contributed by atoms with Gasteiger partial charge in [0.2, 0.25) is 5.91 Å². The fraction of sp³-hybridized carbons (Fsp3) is 0.0556. The zero-order valence-corrected chi connectivity index (χ0v) is 14.6. The number of carbonyl (C=O) groups is 5. The van der Waals surface area contributed by atoms with E-state index < -0.39 is 87.8 Å². The number of aromatic carboxylic acids is 2. The number of esters is 2. The number of hydrogen-bond acceptors (Lipinski definition) is 8. The van der Waals surface area contributed by atoms with Crippen LogP contribution in [0.5, 0.6) is 0 Å². The molecule has 0 spiro atoms. The molecule has 3 rings (SSSR count). The first-order valence-electron chi connectivity index (χ1n) is 10.5. The third kappa shape index (κ3) is 4.44. The predicted molar refractivity (Wildman–Crippen MR) is 97.5 cm³/mol. The first-order valence-corrected chi connectivity index (χ1v) is 7.46. The average molecular weight is 422 g/mol. The summed E-state index contributed by atoms with van der Waals surface area (Å²) in [7, 11) is 0. The number of carboxylic acids is 2. The van der Waals surface area contributed by atoms with E-state index in [1.165, 1.54) is 0 Å². The van der Waals surface area contributed by atoms with Crippen molar-refractivity contribution < 1.29 is 52.1 Å². The molecule has 0 aromatic heterocycles. The SMILES string of the molecule is [2H]c1c([2H])c(C(=O)O)c(C(=O)O)c([N+](=O)[O-])c1[2H].[2H]c1c([2H])c(NC(C)=O)c2c(c1[2H])C(=O)OC2=O. The smallest absolute Gasteiger partial charge is 0.349 e. The first-order chi connectivity index (χ1) is 16.5. The minimum absolute atomic E-state index is 0.269. The van der Waals surface area contributed by atoms with Gasteiger partial charge in [0.1, 0.15) is 0 Å². The highest BCUT2D eigenvalue weighted by Gasteiger charge is 2.32. The number of cyclic esters (lactones) is 2. The molecule has 3 N–H and O–H groups in total. The van der Waals surface area contributed by atoms with Crippen LogP contribution >= 0.6 is 0 Å². The molecule has 0 aliphatic carbocycles. The van der Waals surface area contributed by atoms with Gasteiger partial charge in [-0.2, -0.15) is 0 Å². The Morgan fingerprint density at radius 1 is 1.07 bits per heavy atom. The predicted octanol–water partition coefficient (Wildman–Crippen LogP) is 1.95. The van der Waals surface area contributed by atoms with Crippen molar-refractivity contribution in [3.8, 4) is 0 Å². The Bertz CT molecular complexity index is 1370. The van der Waals surface area contributed by atoms with Gasteiger partial charge < -0.3 is 20.3 Å². The number of ether oxygens (including phenoxy) is 1. The Hall–Kier alpha value is -4.61. The van der Waals surface area contributed by atoms with Crippen molar-refractivity contribution in [3.05, 3.63) is 68.6 Å². The Balaban J connectivity index is 0.000000254. The molecule has 0 unspecified atom stereocenters. The maximum Gasteiger partial charge on any atom is 0.349 e. The van der Waals surface area contributed by atoms with Crippen molar-refractivity contribution in [2.24, 2.45) is 0 Å². The number of amides is 1. The van der Waals surface area contributed by atoms with Gasteiger partial charge in [-0.15, -0.1) is 0 Å². The van der Waals surface area contributed by atoms with Crippen LogP contribution in [-0.4, -0.2) is 44.9 Å². The van der Waals surface area contributed by atoms with Crippen LogP contribution in [0, 0.1) is 10.1 Å². The van der Waals surface area contributed by atoms with Crippen molar-refractivity contribution in [2.45, 2.75) is 6.92 Å². The van der Waals surface area contributed by atoms with E-state index in [-0.39, 0.29) is 16.8 Å². The summed E-state index contributed by atoms with van der Waals surface area (Å²) in [6.07, 6.45) is 0. The quantitative estimate of drug-likeness (QED) is 0.284. The van der Waals surface area contributed by atoms with E-state index in [4.69, 9.17) is 18.4 Å². The molecule has 12 heteroatoms. The zero-order chi connectivity index (χ0) is 27.8. The van der Waals surface area contributed by atoms with Gasteiger partial charge >= 0.3 is 23.9 Å². The monoisotopic (exact) mass is 422 g/mol. The van der Waals surface area contributed by atoms with E-state index in [0.717, 1.165) is 6.92 Å². The lowest BCUT2D eigenvalue weighted by Gasteiger charge is -2.03. The lowest BCUT2D eigenvalue weighted by Crippen LogP contribution is -2.10. The molecule has 0 fully saturated rings. The molecule has 154 valence electrons. The number of nitrogens with zero attached hydrogens (tertiary/aromatic N) is 1. The molecular weight excluding hydrogens is 404 g/mol. The number of rotatable bonds is 4. The summed E-state index contributed by atoms with van der Waals surface area (Å²) in [5.74, 6) is -6.45. The molecule has 0 bridgehead atoms. The number of nitrogens with one attached hydrogen (secondary N) is 1. The van der Waals surface area contributed by atoms with Crippen LogP contribution in [0.2, 0.25) is 0 Å². The van der Waals surface area contributed by atoms with Crippen molar-refractivity contribution in [2.75, 3.05) is 5.32 Å². The van der Waals surface area contributed by atoms with Crippen LogP contribution < -0.4 is 5.32 Å². The van der Waals surface area contributed by atoms with Gasteiger partial charge in [-0.25, -0.2) is 19.2 Å². The normalized spacial score (nSPS) is 14.3. The number of carbonyl (C=O) groups excluding carboxylic acids is 3. The molecule has 0 atom stereocenters. The highest BCUT2D eigenvalue weighted by molar-refractivity contribution is 6.18. The minimum Gasteiger partial charge on any atom is -0.478 e. The van der Waals surface area contributed by atoms with Gasteiger partial charge in [0, 0.05) is 13.0 Å². The number of benzene rings is 2. The maximum absolute atomic E-state index is 11.5. The molecule has 0 saturated heterocycles. The van der Waals surface area contributed by atoms with Gasteiger partial charge in [0.05, 0.1) is 35.5 Å². The van der Waals surface area contributed by atoms with Gasteiger partial charge in [0.25, 0.3) is 5.69 Å². The summed E-state index contributed by atoms with van der Waals surface area (Å²) < 4.78 is 48.7. The number of nitro benzene ring substituents is 1. The topological polar surface area (TPSA) is 190 Å². The summed E-state index contributed by atoms with van der Waals surface area (Å²) in [6.45, 7) is 1.16. The maximum atomic E-state index is 11.5. The molecular formula is C18H12N2O10. The van der Waals surface area contributed by atoms with E-state index >= 15 is 0 Å². The van der Waals surface area contributed by atoms with Gasteiger partial charge in [-0.3, -0.25) is 14.9 Å². The van der Waals surface area contributed by atoms with Crippen molar-refractivity contribution in [1.82, 2.24) is 0 Å². The van der Waals surface area contributed by atoms with Crippen LogP contribution in [-0.2, 0) is 9.53 Å². The second-order valence-corrected chi connectivity index (χ2v) is 5.20. The molecule has 12 nitrogen and oxygen atoms in total. The molecule has 0 radical (unpaired) electrons. The molecule has 1 aliphatic rings. The Morgan fingerprint density at radius 3 is 2.23 bits per heavy atom. The number of carboxylic acid groups (broad SMARTS) is 2. The number of nitro groups is 1. The van der Waals surface area contributed by atoms with Gasteiger partial charge in [-0.1, -0.05) is 12.1 Å². The Kier molecular flexibility index (Phi) is 4.13. The lowest BCUT2D eigenvalue weighted by molar-refractivity contribution is -0.385. The van der Waals surface area contributed by atoms with Gasteiger partial charge in [-0.05, 0) is 18.1 Å². The van der Waals surface area contributed by atoms with Crippen LogP contribution in [0.4, 0.5) is 11.4 Å². The van der Waals surface area contributed by atoms with Crippen molar-refractivity contribution in [1.29, 1.82) is 0 Å². The molecule has 0 saturated carbocycles. The summed E-state index contributed by atoms with van der Waals surface area (Å²) in [5, 5.41) is 30.4. The average Bonchev–Trinajstić information content (AvgIpc) is 3.06. The Morgan fingerprint density at radius 2 is 1.70 bits per heavy atom. The number of hydrogen-bond donors (Lipinski definition) is 3. The van der Waals surface area contributed by atoms with E-state index in [1.807, 2.05) is 0 Å². The van der Waals surface area contributed by atoms with Crippen LogP contribution in [0.3, 0.4) is 0 Å². The zero-order valence-electron chi connectivity index (χ0n) is 20.6. The molecule has 1 heterocycles. The van der Waals surface area contributed by atoms with Crippen LogP contribution in [0.15, 0.2) is 36.3 Å². The second-order valence-electron chi connectivity index (χ2n) is 5.20. The van der Waals surface area contributed by atoms with Crippen molar-refractivity contribution >= 4 is 41.2 Å². The molecule has 2 aromatic rings. The first kappa shape index (κ1) is 14.4. The molecule has 30 heavy (non-hydrogen) atoms. The minimum atomic E-state index is -1.94. The summed E-state index contributed by atoms with van der Waals surface area (Å²) in [5.41, 5.74) is -4.73. The standard InChI is InChI=1S/C10H7NO4.C8H5NO6/c1-5(12)11-7-4-2-3-6-8(7)10(14)15-9(6)13;10-7(11)4-2-1-3-5(9(14)15)6(4)8(12)13/h2-4H,1H3,(H,11,12);1-3H,(H,10,11)(H,12,13)/i2D,3D,4D;1D,2D,3D. The third-order valence-corrected chi connectivity index (χ3v) is 3.24. The van der Waals surface area contributed by atoms with Crippen LogP contribution in [0.1, 0.15) is 56.6 Å². The van der Waals surface area contributed by atoms with Gasteiger partial charge in [0.15, 0.2) is 5.56 Å². The molecule has 1 amide bonds.